The van der Waals surface area contributed by atoms with Crippen molar-refractivity contribution in [3.05, 3.63) is 65.5 Å². The molecule has 0 spiro atoms. The molecular weight excluding hydrogens is 403 g/mol. The zero-order valence-electron chi connectivity index (χ0n) is 18.0. The van der Waals surface area contributed by atoms with E-state index in [4.69, 9.17) is 0 Å². The molecule has 31 heavy (non-hydrogen) atoms. The molecule has 1 saturated carbocycles. The summed E-state index contributed by atoms with van der Waals surface area (Å²) in [5.41, 5.74) is 2.75. The molecule has 4 aromatic rings. The Balaban J connectivity index is 0.000000292. The van der Waals surface area contributed by atoms with Crippen molar-refractivity contribution in [3.63, 3.8) is 0 Å². The van der Waals surface area contributed by atoms with E-state index in [0.717, 1.165) is 22.7 Å². The minimum atomic E-state index is -0.124. The number of fused-ring (bicyclic) bond motifs is 1. The predicted molar refractivity (Wildman–Crippen MR) is 113 cm³/mol. The molecule has 1 aliphatic carbocycles. The Kier molecular flexibility index (Phi) is 7.89. The summed E-state index contributed by atoms with van der Waals surface area (Å²) in [6.07, 6.45) is 14.1. The van der Waals surface area contributed by atoms with E-state index in [0.29, 0.717) is 11.6 Å². The molecule has 10 heteroatoms. The van der Waals surface area contributed by atoms with Gasteiger partial charge >= 0.3 is 29.6 Å². The van der Waals surface area contributed by atoms with Crippen molar-refractivity contribution in [2.45, 2.75) is 38.6 Å². The molecular formula is C21H23N8NaO. The number of hydrogen-bond acceptors (Lipinski definition) is 7. The number of imidazole rings is 1. The summed E-state index contributed by atoms with van der Waals surface area (Å²) in [7, 11) is 1.88. The first-order valence-corrected chi connectivity index (χ1v) is 9.90. The second-order valence-corrected chi connectivity index (χ2v) is 7.31. The first-order valence-electron chi connectivity index (χ1n) is 9.90. The predicted octanol–water partition coefficient (Wildman–Crippen LogP) is -0.542. The minimum Gasteiger partial charge on any atom is -0.436 e. The number of anilines is 1. The van der Waals surface area contributed by atoms with Crippen LogP contribution in [0.25, 0.3) is 16.7 Å². The van der Waals surface area contributed by atoms with E-state index >= 15 is 0 Å². The summed E-state index contributed by atoms with van der Waals surface area (Å²) in [5, 5.41) is 10.5. The normalized spacial score (nSPS) is 13.4. The maximum Gasteiger partial charge on any atom is 1.00 e. The van der Waals surface area contributed by atoms with E-state index in [1.165, 1.54) is 25.7 Å². The van der Waals surface area contributed by atoms with E-state index in [-0.39, 0.29) is 35.1 Å². The fourth-order valence-electron chi connectivity index (χ4n) is 3.50. The molecule has 9 nitrogen and oxygen atoms in total. The van der Waals surface area contributed by atoms with Gasteiger partial charge in [-0.3, -0.25) is 9.36 Å². The molecule has 0 aromatic carbocycles. The van der Waals surface area contributed by atoms with Gasteiger partial charge in [-0.25, -0.2) is 15.1 Å². The van der Waals surface area contributed by atoms with Gasteiger partial charge in [0.1, 0.15) is 5.82 Å². The molecule has 4 aromatic heterocycles. The van der Waals surface area contributed by atoms with Crippen LogP contribution in [0.3, 0.4) is 0 Å². The van der Waals surface area contributed by atoms with E-state index < -0.39 is 0 Å². The number of nitrogens with zero attached hydrogens (tertiary/aromatic N) is 7. The summed E-state index contributed by atoms with van der Waals surface area (Å²) in [5.74, 6) is 0.868. The zero-order chi connectivity index (χ0) is 20.9. The van der Waals surface area contributed by atoms with Crippen LogP contribution in [0, 0.1) is 13.3 Å². The average molecular weight is 426 g/mol. The van der Waals surface area contributed by atoms with Crippen molar-refractivity contribution in [1.29, 1.82) is 0 Å². The van der Waals surface area contributed by atoms with E-state index in [2.05, 4.69) is 36.8 Å². The van der Waals surface area contributed by atoms with Crippen LogP contribution in [0.5, 0.6) is 0 Å². The van der Waals surface area contributed by atoms with Gasteiger partial charge in [0.05, 0.1) is 23.7 Å². The van der Waals surface area contributed by atoms with Gasteiger partial charge in [0.25, 0.3) is 5.56 Å². The van der Waals surface area contributed by atoms with Crippen LogP contribution in [0.4, 0.5) is 5.82 Å². The van der Waals surface area contributed by atoms with Crippen LogP contribution >= 0.6 is 0 Å². The summed E-state index contributed by atoms with van der Waals surface area (Å²) in [6, 6.07) is 6.28. The van der Waals surface area contributed by atoms with Crippen LogP contribution in [0.1, 0.15) is 31.4 Å². The van der Waals surface area contributed by atoms with Gasteiger partial charge in [-0.15, -0.1) is 6.20 Å². The first-order chi connectivity index (χ1) is 14.6. The molecule has 154 valence electrons. The average Bonchev–Trinajstić information content (AvgIpc) is 3.41. The smallest absolute Gasteiger partial charge is 0.436 e. The molecule has 4 heterocycles. The fourth-order valence-corrected chi connectivity index (χ4v) is 3.50. The minimum absolute atomic E-state index is 0. The number of aryl methyl sites for hydroxylation is 2. The number of rotatable bonds is 3. The van der Waals surface area contributed by atoms with Gasteiger partial charge in [0.2, 0.25) is 0 Å². The molecule has 0 aliphatic heterocycles. The molecule has 0 unspecified atom stereocenters. The van der Waals surface area contributed by atoms with Gasteiger partial charge in [0.15, 0.2) is 5.52 Å². The van der Waals surface area contributed by atoms with Crippen LogP contribution < -0.4 is 40.4 Å². The molecule has 1 N–H and O–H groups in total. The van der Waals surface area contributed by atoms with Gasteiger partial charge in [-0.1, -0.05) is 12.8 Å². The third-order valence-corrected chi connectivity index (χ3v) is 5.08. The summed E-state index contributed by atoms with van der Waals surface area (Å²) in [4.78, 5) is 24.8. The third kappa shape index (κ3) is 5.55. The molecule has 1 aliphatic rings. The Morgan fingerprint density at radius 1 is 1.13 bits per heavy atom. The third-order valence-electron chi connectivity index (χ3n) is 5.08. The molecule has 5 rings (SSSR count). The molecule has 0 saturated heterocycles. The number of nitrogens with one attached hydrogen (secondary N) is 1. The van der Waals surface area contributed by atoms with Crippen LogP contribution in [0.15, 0.2) is 47.9 Å². The molecule has 0 amide bonds. The van der Waals surface area contributed by atoms with E-state index in [1.54, 1.807) is 29.5 Å². The molecule has 0 atom stereocenters. The van der Waals surface area contributed by atoms with E-state index in [9.17, 15) is 4.79 Å². The number of hydrogen-bond donors (Lipinski definition) is 1. The number of aromatic nitrogens is 7. The SMILES string of the molecule is Cc1cn[c-]nn1.Cn1cnc2c(=O)n(-c3ccc(NC4CCCC4)nc3)ccc21.[Na+]. The van der Waals surface area contributed by atoms with Crippen LogP contribution in [0.2, 0.25) is 0 Å². The van der Waals surface area contributed by atoms with Crippen molar-refractivity contribution in [3.8, 4) is 5.69 Å². The molecule has 0 bridgehead atoms. The van der Waals surface area contributed by atoms with Gasteiger partial charge in [-0.05, 0) is 50.0 Å². The summed E-state index contributed by atoms with van der Waals surface area (Å²) in [6.45, 7) is 1.83. The number of pyridine rings is 2. The van der Waals surface area contributed by atoms with Crippen LogP contribution in [-0.2, 0) is 7.05 Å². The summed E-state index contributed by atoms with van der Waals surface area (Å²) < 4.78 is 3.43. The first kappa shape index (κ1) is 23.1. The molecule has 0 radical (unpaired) electrons. The Labute approximate surface area is 202 Å². The van der Waals surface area contributed by atoms with Gasteiger partial charge < -0.3 is 14.9 Å². The van der Waals surface area contributed by atoms with Gasteiger partial charge in [-0.2, -0.15) is 5.10 Å². The Hall–Kier alpha value is -2.62. The summed E-state index contributed by atoms with van der Waals surface area (Å²) >= 11 is 0. The topological polar surface area (TPSA) is 103 Å². The second-order valence-electron chi connectivity index (χ2n) is 7.31. The molecule has 1 fully saturated rings. The van der Waals surface area contributed by atoms with Crippen molar-refractivity contribution in [2.75, 3.05) is 5.32 Å². The zero-order valence-corrected chi connectivity index (χ0v) is 20.0. The van der Waals surface area contributed by atoms with Crippen molar-refractivity contribution in [1.82, 2.24) is 34.3 Å². The van der Waals surface area contributed by atoms with Crippen molar-refractivity contribution in [2.24, 2.45) is 7.05 Å². The van der Waals surface area contributed by atoms with Crippen LogP contribution in [-0.4, -0.2) is 40.3 Å². The Bertz CT molecular complexity index is 1170. The fraction of sp³-hybridized carbons (Fsp3) is 0.333. The van der Waals surface area contributed by atoms with Crippen molar-refractivity contribution < 1.29 is 29.6 Å². The Morgan fingerprint density at radius 2 is 1.94 bits per heavy atom. The van der Waals surface area contributed by atoms with E-state index in [1.807, 2.05) is 36.7 Å². The largest absolute Gasteiger partial charge is 1.00 e. The monoisotopic (exact) mass is 426 g/mol. The second kappa shape index (κ2) is 10.6. The maximum absolute atomic E-state index is 12.5. The van der Waals surface area contributed by atoms with Crippen molar-refractivity contribution >= 4 is 16.9 Å². The quantitative estimate of drug-likeness (QED) is 0.347. The Morgan fingerprint density at radius 3 is 2.55 bits per heavy atom. The standard InChI is InChI=1S/C17H19N5O.C4H4N3.Na/c1-21-11-19-16-14(21)8-9-22(17(16)23)13-6-7-15(18-10-13)20-12-4-2-3-5-12;1-4-2-5-3-6-7-4;/h6-12H,2-5H2,1H3,(H,18,20);2H,1H3;/q;-1;+1. The maximum atomic E-state index is 12.5. The van der Waals surface area contributed by atoms with Gasteiger partial charge in [0, 0.05) is 19.3 Å².